The lowest BCUT2D eigenvalue weighted by Gasteiger charge is -2.10. The fraction of sp³-hybridized carbons (Fsp3) is 0. The summed E-state index contributed by atoms with van der Waals surface area (Å²) in [5.74, 6) is 1.86. The van der Waals surface area contributed by atoms with Crippen molar-refractivity contribution in [1.82, 2.24) is 15.0 Å². The molecule has 4 heteroatoms. The molecule has 8 aromatic carbocycles. The first-order chi connectivity index (χ1) is 25.2. The van der Waals surface area contributed by atoms with Crippen molar-refractivity contribution in [2.45, 2.75) is 0 Å². The summed E-state index contributed by atoms with van der Waals surface area (Å²) in [6, 6.07) is 61.1. The predicted molar refractivity (Wildman–Crippen MR) is 209 cm³/mol. The summed E-state index contributed by atoms with van der Waals surface area (Å²) in [5, 5.41) is 6.91. The molecule has 0 amide bonds. The summed E-state index contributed by atoms with van der Waals surface area (Å²) in [6.45, 7) is 0. The first-order valence-electron chi connectivity index (χ1n) is 17.1. The molecule has 0 unspecified atom stereocenters. The lowest BCUT2D eigenvalue weighted by Crippen LogP contribution is -2.00. The van der Waals surface area contributed by atoms with Crippen LogP contribution in [0, 0.1) is 0 Å². The fourth-order valence-electron chi connectivity index (χ4n) is 7.17. The number of aromatic nitrogens is 3. The van der Waals surface area contributed by atoms with Crippen molar-refractivity contribution < 1.29 is 4.42 Å². The molecular formula is C47H29N3O. The Labute approximate surface area is 294 Å². The average molecular weight is 652 g/mol. The Balaban J connectivity index is 1.11. The second-order valence-corrected chi connectivity index (χ2v) is 12.8. The van der Waals surface area contributed by atoms with Gasteiger partial charge in [-0.25, -0.2) is 15.0 Å². The minimum Gasteiger partial charge on any atom is -0.456 e. The van der Waals surface area contributed by atoms with Crippen LogP contribution in [0.5, 0.6) is 0 Å². The maximum atomic E-state index is 6.52. The molecule has 2 aromatic heterocycles. The van der Waals surface area contributed by atoms with Crippen LogP contribution in [0.2, 0.25) is 0 Å². The second-order valence-electron chi connectivity index (χ2n) is 12.8. The van der Waals surface area contributed by atoms with Crippen molar-refractivity contribution in [3.8, 4) is 56.4 Å². The van der Waals surface area contributed by atoms with Crippen LogP contribution in [0.15, 0.2) is 180 Å². The van der Waals surface area contributed by atoms with Gasteiger partial charge in [0.1, 0.15) is 11.2 Å². The highest BCUT2D eigenvalue weighted by Crippen LogP contribution is 2.41. The third-order valence-electron chi connectivity index (χ3n) is 9.71. The number of benzene rings is 8. The van der Waals surface area contributed by atoms with Gasteiger partial charge in [0.15, 0.2) is 17.5 Å². The van der Waals surface area contributed by atoms with Crippen LogP contribution in [0.25, 0.3) is 99.9 Å². The smallest absolute Gasteiger partial charge is 0.164 e. The molecule has 0 fully saturated rings. The van der Waals surface area contributed by atoms with Gasteiger partial charge in [-0.2, -0.15) is 0 Å². The van der Waals surface area contributed by atoms with E-state index in [9.17, 15) is 0 Å². The largest absolute Gasteiger partial charge is 0.456 e. The van der Waals surface area contributed by atoms with E-state index in [0.29, 0.717) is 17.5 Å². The van der Waals surface area contributed by atoms with Crippen LogP contribution in [-0.4, -0.2) is 15.0 Å². The Bertz CT molecular complexity index is 2900. The molecule has 0 aliphatic heterocycles. The molecule has 10 rings (SSSR count). The first kappa shape index (κ1) is 29.0. The van der Waals surface area contributed by atoms with E-state index in [4.69, 9.17) is 19.4 Å². The molecule has 0 atom stereocenters. The van der Waals surface area contributed by atoms with E-state index in [2.05, 4.69) is 127 Å². The Morgan fingerprint density at radius 1 is 0.314 bits per heavy atom. The van der Waals surface area contributed by atoms with Crippen LogP contribution < -0.4 is 0 Å². The third kappa shape index (κ3) is 5.13. The zero-order chi connectivity index (χ0) is 33.7. The average Bonchev–Trinajstić information content (AvgIpc) is 3.59. The third-order valence-corrected chi connectivity index (χ3v) is 9.71. The summed E-state index contributed by atoms with van der Waals surface area (Å²) < 4.78 is 6.52. The van der Waals surface area contributed by atoms with Gasteiger partial charge in [0.25, 0.3) is 0 Å². The zero-order valence-corrected chi connectivity index (χ0v) is 27.5. The molecule has 0 aliphatic carbocycles. The molecule has 51 heavy (non-hydrogen) atoms. The first-order valence-corrected chi connectivity index (χ1v) is 17.1. The van der Waals surface area contributed by atoms with E-state index in [0.717, 1.165) is 60.7 Å². The molecule has 238 valence electrons. The van der Waals surface area contributed by atoms with Gasteiger partial charge in [0, 0.05) is 27.5 Å². The van der Waals surface area contributed by atoms with Gasteiger partial charge < -0.3 is 4.42 Å². The molecule has 4 nitrogen and oxygen atoms in total. The predicted octanol–water partition coefficient (Wildman–Crippen LogP) is 12.4. The Kier molecular flexibility index (Phi) is 6.78. The summed E-state index contributed by atoms with van der Waals surface area (Å²) >= 11 is 0. The van der Waals surface area contributed by atoms with E-state index in [1.807, 2.05) is 48.5 Å². The van der Waals surface area contributed by atoms with Crippen molar-refractivity contribution in [2.75, 3.05) is 0 Å². The van der Waals surface area contributed by atoms with Gasteiger partial charge in [-0.1, -0.05) is 146 Å². The maximum absolute atomic E-state index is 6.52. The molecule has 0 spiro atoms. The van der Waals surface area contributed by atoms with Crippen molar-refractivity contribution >= 4 is 43.5 Å². The Morgan fingerprint density at radius 3 is 1.61 bits per heavy atom. The standard InChI is InChI=1S/C47H29N3O/c1-3-12-32(13-4-1)40-29-43-44(39-18-10-9-17-38(39)40)41-28-37(25-26-42(41)51-43)47-49-45(33-14-5-2-6-15-33)48-46(50-47)34-22-19-31(20-23-34)36-24-21-30-11-7-8-16-35(30)27-36/h1-29H. The number of hydrogen-bond acceptors (Lipinski definition) is 4. The number of rotatable bonds is 5. The van der Waals surface area contributed by atoms with E-state index in [1.165, 1.54) is 21.7 Å². The highest BCUT2D eigenvalue weighted by atomic mass is 16.3. The van der Waals surface area contributed by atoms with Gasteiger partial charge in [-0.15, -0.1) is 0 Å². The minimum absolute atomic E-state index is 0.610. The summed E-state index contributed by atoms with van der Waals surface area (Å²) in [5.41, 5.74) is 9.06. The highest BCUT2D eigenvalue weighted by molar-refractivity contribution is 6.22. The molecule has 0 aliphatic rings. The van der Waals surface area contributed by atoms with Crippen LogP contribution in [0.3, 0.4) is 0 Å². The van der Waals surface area contributed by atoms with E-state index in [-0.39, 0.29) is 0 Å². The summed E-state index contributed by atoms with van der Waals surface area (Å²) in [4.78, 5) is 15.1. The van der Waals surface area contributed by atoms with Crippen LogP contribution in [0.4, 0.5) is 0 Å². The Hall–Kier alpha value is -6.91. The van der Waals surface area contributed by atoms with Crippen molar-refractivity contribution in [3.63, 3.8) is 0 Å². The number of fused-ring (bicyclic) bond motifs is 6. The monoisotopic (exact) mass is 651 g/mol. The number of furan rings is 1. The highest BCUT2D eigenvalue weighted by Gasteiger charge is 2.18. The number of hydrogen-bond donors (Lipinski definition) is 0. The summed E-state index contributed by atoms with van der Waals surface area (Å²) in [7, 11) is 0. The van der Waals surface area contributed by atoms with Crippen LogP contribution >= 0.6 is 0 Å². The topological polar surface area (TPSA) is 51.8 Å². The fourth-order valence-corrected chi connectivity index (χ4v) is 7.17. The van der Waals surface area contributed by atoms with E-state index < -0.39 is 0 Å². The maximum Gasteiger partial charge on any atom is 0.164 e. The van der Waals surface area contributed by atoms with E-state index >= 15 is 0 Å². The molecule has 0 bridgehead atoms. The van der Waals surface area contributed by atoms with E-state index in [1.54, 1.807) is 0 Å². The van der Waals surface area contributed by atoms with Crippen molar-refractivity contribution in [1.29, 1.82) is 0 Å². The van der Waals surface area contributed by atoms with Crippen LogP contribution in [-0.2, 0) is 0 Å². The molecule has 0 radical (unpaired) electrons. The van der Waals surface area contributed by atoms with Crippen LogP contribution in [0.1, 0.15) is 0 Å². The van der Waals surface area contributed by atoms with Crippen molar-refractivity contribution in [2.24, 2.45) is 0 Å². The molecule has 0 saturated carbocycles. The zero-order valence-electron chi connectivity index (χ0n) is 27.5. The quantitative estimate of drug-likeness (QED) is 0.186. The normalized spacial score (nSPS) is 11.5. The Morgan fingerprint density at radius 2 is 0.863 bits per heavy atom. The molecule has 10 aromatic rings. The second kappa shape index (κ2) is 11.9. The van der Waals surface area contributed by atoms with Gasteiger partial charge in [-0.3, -0.25) is 0 Å². The van der Waals surface area contributed by atoms with Gasteiger partial charge in [0.05, 0.1) is 0 Å². The molecular weight excluding hydrogens is 623 g/mol. The van der Waals surface area contributed by atoms with Gasteiger partial charge in [-0.05, 0) is 74.1 Å². The van der Waals surface area contributed by atoms with Gasteiger partial charge >= 0.3 is 0 Å². The van der Waals surface area contributed by atoms with Gasteiger partial charge in [0.2, 0.25) is 0 Å². The number of nitrogens with zero attached hydrogens (tertiary/aromatic N) is 3. The summed E-state index contributed by atoms with van der Waals surface area (Å²) in [6.07, 6.45) is 0. The molecule has 0 N–H and O–H groups in total. The lowest BCUT2D eigenvalue weighted by atomic mass is 9.95. The minimum atomic E-state index is 0.610. The molecule has 0 saturated heterocycles. The van der Waals surface area contributed by atoms with Crippen molar-refractivity contribution in [3.05, 3.63) is 176 Å². The lowest BCUT2D eigenvalue weighted by molar-refractivity contribution is 0.669. The molecule has 2 heterocycles. The SMILES string of the molecule is c1ccc(-c2nc(-c3ccc(-c4ccc5ccccc5c4)cc3)nc(-c3ccc4oc5cc(-c6ccccc6)c6ccccc6c5c4c3)n2)cc1.